The summed E-state index contributed by atoms with van der Waals surface area (Å²) >= 11 is 5.99. The van der Waals surface area contributed by atoms with Gasteiger partial charge in [0.25, 0.3) is 0 Å². The van der Waals surface area contributed by atoms with Gasteiger partial charge < -0.3 is 21.5 Å². The number of benzene rings is 2. The Kier molecular flexibility index (Phi) is 7.29. The number of fused-ring (bicyclic) bond motifs is 1. The maximum absolute atomic E-state index is 5.99. The number of hydrogen-bond acceptors (Lipinski definition) is 5. The number of halogens is 1. The molecule has 2 unspecified atom stereocenters. The topological polar surface area (TPSA) is 111 Å². The average molecular weight is 465 g/mol. The molecule has 0 bridgehead atoms. The molecule has 0 spiro atoms. The quantitative estimate of drug-likeness (QED) is 0.345. The van der Waals surface area contributed by atoms with E-state index < -0.39 is 0 Å². The Hall–Kier alpha value is -3.32. The van der Waals surface area contributed by atoms with E-state index in [0.29, 0.717) is 23.3 Å². The molecule has 1 aliphatic carbocycles. The fourth-order valence-electron chi connectivity index (χ4n) is 4.20. The lowest BCUT2D eigenvalue weighted by Crippen LogP contribution is -2.35. The summed E-state index contributed by atoms with van der Waals surface area (Å²) in [6.07, 6.45) is 8.34. The highest BCUT2D eigenvalue weighted by molar-refractivity contribution is 6.30. The van der Waals surface area contributed by atoms with Crippen LogP contribution in [0.4, 0.5) is 5.82 Å². The second-order valence-corrected chi connectivity index (χ2v) is 8.70. The van der Waals surface area contributed by atoms with Crippen molar-refractivity contribution in [2.24, 2.45) is 22.4 Å². The summed E-state index contributed by atoms with van der Waals surface area (Å²) < 4.78 is 5.44. The highest BCUT2D eigenvalue weighted by atomic mass is 35.5. The predicted molar refractivity (Wildman–Crippen MR) is 137 cm³/mol. The Morgan fingerprint density at radius 1 is 1.12 bits per heavy atom. The first kappa shape index (κ1) is 22.9. The van der Waals surface area contributed by atoms with E-state index in [1.54, 1.807) is 7.11 Å². The highest BCUT2D eigenvalue weighted by Gasteiger charge is 2.26. The van der Waals surface area contributed by atoms with Crippen LogP contribution in [-0.2, 0) is 0 Å². The van der Waals surface area contributed by atoms with E-state index in [1.807, 2.05) is 54.6 Å². The first-order valence-corrected chi connectivity index (χ1v) is 11.5. The Balaban J connectivity index is 1.68. The number of nitrogens with two attached hydrogens (primary N) is 2. The zero-order chi connectivity index (χ0) is 23.2. The molecule has 7 nitrogen and oxygen atoms in total. The molecule has 1 aromatic heterocycles. The van der Waals surface area contributed by atoms with Crippen LogP contribution in [0.1, 0.15) is 37.1 Å². The number of rotatable bonds is 7. The van der Waals surface area contributed by atoms with Gasteiger partial charge in [0.2, 0.25) is 0 Å². The minimum absolute atomic E-state index is 0.131. The zero-order valence-corrected chi connectivity index (χ0v) is 19.4. The van der Waals surface area contributed by atoms with E-state index in [4.69, 9.17) is 37.8 Å². The van der Waals surface area contributed by atoms with Crippen LogP contribution in [0.25, 0.3) is 23.1 Å². The summed E-state index contributed by atoms with van der Waals surface area (Å²) in [6.45, 7) is 0.607. The molecular formula is C25H29ClN6O. The van der Waals surface area contributed by atoms with Gasteiger partial charge in [0.05, 0.1) is 12.6 Å². The van der Waals surface area contributed by atoms with Gasteiger partial charge in [0.1, 0.15) is 11.6 Å². The van der Waals surface area contributed by atoms with Crippen molar-refractivity contribution in [3.8, 4) is 5.75 Å². The lowest BCUT2D eigenvalue weighted by molar-refractivity contribution is 0.333. The van der Waals surface area contributed by atoms with E-state index in [-0.39, 0.29) is 12.0 Å². The van der Waals surface area contributed by atoms with Gasteiger partial charge >= 0.3 is 0 Å². The van der Waals surface area contributed by atoms with Gasteiger partial charge in [-0.3, -0.25) is 4.99 Å². The Bertz CT molecular complexity index is 1160. The Morgan fingerprint density at radius 3 is 2.67 bits per heavy atom. The number of aliphatic imine (C=N–C) groups is 1. The van der Waals surface area contributed by atoms with Gasteiger partial charge in [-0.05, 0) is 60.7 Å². The monoisotopic (exact) mass is 464 g/mol. The summed E-state index contributed by atoms with van der Waals surface area (Å²) in [5.41, 5.74) is 13.0. The molecule has 1 heterocycles. The van der Waals surface area contributed by atoms with Gasteiger partial charge in [-0.2, -0.15) is 0 Å². The summed E-state index contributed by atoms with van der Waals surface area (Å²) in [6, 6.07) is 13.7. The van der Waals surface area contributed by atoms with E-state index in [2.05, 4.69) is 10.3 Å². The number of nitrogens with one attached hydrogen (secondary N) is 1. The van der Waals surface area contributed by atoms with Crippen molar-refractivity contribution in [3.63, 3.8) is 0 Å². The smallest absolute Gasteiger partial charge is 0.185 e. The van der Waals surface area contributed by atoms with Crippen LogP contribution >= 0.6 is 11.6 Å². The summed E-state index contributed by atoms with van der Waals surface area (Å²) in [7, 11) is 1.66. The number of ether oxygens (including phenoxy) is 1. The molecule has 1 saturated carbocycles. The molecule has 0 saturated heterocycles. The van der Waals surface area contributed by atoms with Gasteiger partial charge in [0, 0.05) is 23.0 Å². The van der Waals surface area contributed by atoms with Crippen LogP contribution in [0.2, 0.25) is 5.02 Å². The summed E-state index contributed by atoms with van der Waals surface area (Å²) in [5, 5.41) is 5.31. The molecule has 172 valence electrons. The molecule has 4 rings (SSSR count). The molecule has 0 aliphatic heterocycles. The third kappa shape index (κ3) is 5.93. The van der Waals surface area contributed by atoms with Crippen molar-refractivity contribution in [1.29, 1.82) is 0 Å². The van der Waals surface area contributed by atoms with Crippen molar-refractivity contribution in [2.75, 3.05) is 19.0 Å². The Morgan fingerprint density at radius 2 is 1.91 bits per heavy atom. The van der Waals surface area contributed by atoms with Gasteiger partial charge in [-0.25, -0.2) is 9.97 Å². The lowest BCUT2D eigenvalue weighted by Gasteiger charge is -2.32. The molecular weight excluding hydrogens is 436 g/mol. The molecule has 3 aromatic rings. The van der Waals surface area contributed by atoms with Crippen LogP contribution in [0.5, 0.6) is 5.75 Å². The molecule has 5 N–H and O–H groups in total. The number of anilines is 1. The number of guanidine groups is 1. The van der Waals surface area contributed by atoms with E-state index in [1.165, 1.54) is 6.42 Å². The van der Waals surface area contributed by atoms with Crippen molar-refractivity contribution in [1.82, 2.24) is 9.97 Å². The second kappa shape index (κ2) is 10.5. The standard InChI is InChI=1S/C25H29ClN6O/c1-33-19-11-12-22-20(14-19)24(31-21-5-3-2-4-17(21)15-29-25(27)28)32-23(30-22)13-8-16-6-9-18(26)10-7-16/h6-14,17,21H,2-5,15H2,1H3,(H4,27,28,29)(H,30,31,32). The second-order valence-electron chi connectivity index (χ2n) is 8.26. The molecule has 1 fully saturated rings. The molecule has 2 aromatic carbocycles. The number of nitrogens with zero attached hydrogens (tertiary/aromatic N) is 3. The minimum Gasteiger partial charge on any atom is -0.497 e. The fourth-order valence-corrected chi connectivity index (χ4v) is 4.32. The average Bonchev–Trinajstić information content (AvgIpc) is 2.83. The number of aromatic nitrogens is 2. The Labute approximate surface area is 198 Å². The number of hydrogen-bond donors (Lipinski definition) is 3. The van der Waals surface area contributed by atoms with Crippen LogP contribution in [0.3, 0.4) is 0 Å². The first-order chi connectivity index (χ1) is 16.0. The van der Waals surface area contributed by atoms with Crippen LogP contribution in [-0.4, -0.2) is 35.6 Å². The predicted octanol–water partition coefficient (Wildman–Crippen LogP) is 4.71. The molecule has 33 heavy (non-hydrogen) atoms. The van der Waals surface area contributed by atoms with Crippen LogP contribution in [0.15, 0.2) is 47.5 Å². The third-order valence-corrected chi connectivity index (χ3v) is 6.21. The summed E-state index contributed by atoms with van der Waals surface area (Å²) in [5.74, 6) is 2.65. The lowest BCUT2D eigenvalue weighted by atomic mass is 9.84. The van der Waals surface area contributed by atoms with E-state index >= 15 is 0 Å². The number of methoxy groups -OCH3 is 1. The third-order valence-electron chi connectivity index (χ3n) is 5.95. The van der Waals surface area contributed by atoms with Crippen molar-refractivity contribution in [2.45, 2.75) is 31.7 Å². The van der Waals surface area contributed by atoms with Crippen molar-refractivity contribution < 1.29 is 4.74 Å². The summed E-state index contributed by atoms with van der Waals surface area (Å²) in [4.78, 5) is 13.9. The molecule has 0 radical (unpaired) electrons. The minimum atomic E-state index is 0.131. The molecule has 0 amide bonds. The van der Waals surface area contributed by atoms with Crippen LogP contribution < -0.4 is 21.5 Å². The van der Waals surface area contributed by atoms with E-state index in [0.717, 1.165) is 47.3 Å². The molecule has 1 aliphatic rings. The van der Waals surface area contributed by atoms with Crippen molar-refractivity contribution in [3.05, 3.63) is 58.9 Å². The normalized spacial score (nSPS) is 18.4. The maximum Gasteiger partial charge on any atom is 0.185 e. The van der Waals surface area contributed by atoms with Gasteiger partial charge in [-0.1, -0.05) is 42.7 Å². The first-order valence-electron chi connectivity index (χ1n) is 11.1. The zero-order valence-electron chi connectivity index (χ0n) is 18.7. The fraction of sp³-hybridized carbons (Fsp3) is 0.320. The van der Waals surface area contributed by atoms with Gasteiger partial charge in [0.15, 0.2) is 11.8 Å². The largest absolute Gasteiger partial charge is 0.497 e. The van der Waals surface area contributed by atoms with Crippen molar-refractivity contribution >= 4 is 46.4 Å². The SMILES string of the molecule is COc1ccc2nc(C=Cc3ccc(Cl)cc3)nc(NC3CCCCC3CN=C(N)N)c2c1. The van der Waals surface area contributed by atoms with E-state index in [9.17, 15) is 0 Å². The van der Waals surface area contributed by atoms with Crippen LogP contribution in [0, 0.1) is 5.92 Å². The maximum atomic E-state index is 5.99. The highest BCUT2D eigenvalue weighted by Crippen LogP contribution is 2.31. The van der Waals surface area contributed by atoms with Gasteiger partial charge in [-0.15, -0.1) is 0 Å². The molecule has 2 atom stereocenters. The molecule has 8 heteroatoms.